The molecule has 0 saturated carbocycles. The number of benzene rings is 1. The molecule has 2 aromatic rings. The fraction of sp³-hybridized carbons (Fsp3) is 0.143. The van der Waals surface area contributed by atoms with Crippen LogP contribution in [0.3, 0.4) is 0 Å². The highest BCUT2D eigenvalue weighted by Gasteiger charge is 2.41. The van der Waals surface area contributed by atoms with E-state index in [2.05, 4.69) is 0 Å². The zero-order valence-corrected chi connectivity index (χ0v) is 12.0. The number of rotatable bonds is 2. The van der Waals surface area contributed by atoms with Gasteiger partial charge in [0.25, 0.3) is 11.5 Å². The Bertz CT molecular complexity index is 798. The lowest BCUT2D eigenvalue weighted by molar-refractivity contribution is -0.137. The average molecular weight is 331 g/mol. The molecule has 0 spiro atoms. The van der Waals surface area contributed by atoms with Gasteiger partial charge in [0.05, 0.1) is 16.3 Å². The molecular weight excluding hydrogens is 321 g/mol. The molecule has 116 valence electrons. The van der Waals surface area contributed by atoms with Gasteiger partial charge in [-0.2, -0.15) is 13.2 Å². The Morgan fingerprint density at radius 3 is 2.23 bits per heavy atom. The Labute approximate surface area is 127 Å². The van der Waals surface area contributed by atoms with Crippen LogP contribution in [0.5, 0.6) is 0 Å². The smallest absolute Gasteiger partial charge is 0.365 e. The lowest BCUT2D eigenvalue weighted by atomic mass is 10.0. The van der Waals surface area contributed by atoms with Gasteiger partial charge in [-0.05, 0) is 5.56 Å². The largest absolute Gasteiger partial charge is 0.418 e. The van der Waals surface area contributed by atoms with Gasteiger partial charge in [0, 0.05) is 7.05 Å². The third-order valence-corrected chi connectivity index (χ3v) is 3.48. The van der Waals surface area contributed by atoms with Crippen LogP contribution in [0.15, 0.2) is 35.1 Å². The quantitative estimate of drug-likeness (QED) is 0.920. The van der Waals surface area contributed by atoms with Gasteiger partial charge in [-0.15, -0.1) is 0 Å². The molecule has 0 aliphatic heterocycles. The predicted octanol–water partition coefficient (Wildman–Crippen LogP) is 2.82. The molecule has 0 fully saturated rings. The highest BCUT2D eigenvalue weighted by Crippen LogP contribution is 2.40. The second kappa shape index (κ2) is 5.49. The van der Waals surface area contributed by atoms with Crippen LogP contribution in [0.25, 0.3) is 11.3 Å². The Morgan fingerprint density at radius 2 is 1.77 bits per heavy atom. The van der Waals surface area contributed by atoms with Crippen LogP contribution < -0.4 is 11.3 Å². The van der Waals surface area contributed by atoms with Crippen LogP contribution >= 0.6 is 11.6 Å². The van der Waals surface area contributed by atoms with Crippen molar-refractivity contribution in [1.29, 1.82) is 0 Å². The minimum absolute atomic E-state index is 0.135. The number of amides is 1. The molecule has 2 N–H and O–H groups in total. The fourth-order valence-electron chi connectivity index (χ4n) is 2.16. The molecule has 0 saturated heterocycles. The van der Waals surface area contributed by atoms with Crippen molar-refractivity contribution in [2.24, 2.45) is 12.8 Å². The third-order valence-electron chi connectivity index (χ3n) is 3.11. The number of hydrogen-bond acceptors (Lipinski definition) is 2. The van der Waals surface area contributed by atoms with E-state index in [0.717, 1.165) is 4.57 Å². The molecule has 4 nitrogen and oxygen atoms in total. The number of carbonyl (C=O) groups is 1. The maximum absolute atomic E-state index is 13.2. The maximum atomic E-state index is 13.2. The summed E-state index contributed by atoms with van der Waals surface area (Å²) < 4.78 is 40.6. The van der Waals surface area contributed by atoms with Crippen LogP contribution in [-0.4, -0.2) is 10.5 Å². The average Bonchev–Trinajstić information content (AvgIpc) is 2.42. The molecule has 1 heterocycles. The van der Waals surface area contributed by atoms with Crippen molar-refractivity contribution in [3.63, 3.8) is 0 Å². The first-order valence-electron chi connectivity index (χ1n) is 6.01. The zero-order chi connectivity index (χ0) is 16.7. The highest BCUT2D eigenvalue weighted by atomic mass is 35.5. The highest BCUT2D eigenvalue weighted by molar-refractivity contribution is 6.34. The maximum Gasteiger partial charge on any atom is 0.418 e. The van der Waals surface area contributed by atoms with E-state index in [-0.39, 0.29) is 5.69 Å². The van der Waals surface area contributed by atoms with E-state index >= 15 is 0 Å². The lowest BCUT2D eigenvalue weighted by Crippen LogP contribution is -2.34. The van der Waals surface area contributed by atoms with Gasteiger partial charge >= 0.3 is 6.18 Å². The molecule has 1 amide bonds. The first kappa shape index (κ1) is 16.1. The lowest BCUT2D eigenvalue weighted by Gasteiger charge is -2.18. The summed E-state index contributed by atoms with van der Waals surface area (Å²) in [5.41, 5.74) is 1.28. The van der Waals surface area contributed by atoms with Crippen molar-refractivity contribution >= 4 is 17.5 Å². The number of nitrogens with two attached hydrogens (primary N) is 1. The van der Waals surface area contributed by atoms with E-state index in [1.54, 1.807) is 18.2 Å². The standard InChI is InChI=1S/C14H10ClF3N2O2/c1-20-11(7-5-3-2-4-6-7)10(15)9(14(16,17)18)8(12(19)21)13(20)22/h2-6H,1H3,(H2,19,21). The van der Waals surface area contributed by atoms with E-state index in [1.807, 2.05) is 0 Å². The SMILES string of the molecule is Cn1c(-c2ccccc2)c(Cl)c(C(F)(F)F)c(C(N)=O)c1=O. The van der Waals surface area contributed by atoms with Gasteiger partial charge in [-0.3, -0.25) is 9.59 Å². The van der Waals surface area contributed by atoms with Crippen LogP contribution in [0, 0.1) is 0 Å². The Balaban J connectivity index is 2.99. The van der Waals surface area contributed by atoms with Gasteiger partial charge in [0.1, 0.15) is 5.56 Å². The predicted molar refractivity (Wildman–Crippen MR) is 75.6 cm³/mol. The monoisotopic (exact) mass is 330 g/mol. The molecule has 2 rings (SSSR count). The fourth-order valence-corrected chi connectivity index (χ4v) is 2.60. The molecule has 0 bridgehead atoms. The molecule has 0 radical (unpaired) electrons. The summed E-state index contributed by atoms with van der Waals surface area (Å²) in [6.45, 7) is 0. The summed E-state index contributed by atoms with van der Waals surface area (Å²) in [6.07, 6.45) is -4.99. The van der Waals surface area contributed by atoms with Crippen molar-refractivity contribution in [1.82, 2.24) is 4.57 Å². The Morgan fingerprint density at radius 1 is 1.23 bits per heavy atom. The summed E-state index contributed by atoms with van der Waals surface area (Å²) in [4.78, 5) is 23.4. The van der Waals surface area contributed by atoms with Gasteiger partial charge in [-0.1, -0.05) is 41.9 Å². The molecule has 0 aliphatic carbocycles. The van der Waals surface area contributed by atoms with Crippen molar-refractivity contribution in [2.75, 3.05) is 0 Å². The number of nitrogens with zero attached hydrogens (tertiary/aromatic N) is 1. The first-order valence-corrected chi connectivity index (χ1v) is 6.39. The minimum atomic E-state index is -4.99. The summed E-state index contributed by atoms with van der Waals surface area (Å²) in [7, 11) is 1.23. The number of primary amides is 1. The van der Waals surface area contributed by atoms with E-state index in [9.17, 15) is 22.8 Å². The number of alkyl halides is 3. The van der Waals surface area contributed by atoms with E-state index < -0.39 is 33.8 Å². The Kier molecular flexibility index (Phi) is 4.02. The second-order valence-electron chi connectivity index (χ2n) is 4.50. The third kappa shape index (κ3) is 2.59. The van der Waals surface area contributed by atoms with Crippen LogP contribution in [-0.2, 0) is 13.2 Å². The van der Waals surface area contributed by atoms with Crippen molar-refractivity contribution in [2.45, 2.75) is 6.18 Å². The van der Waals surface area contributed by atoms with E-state index in [1.165, 1.54) is 19.2 Å². The molecule has 8 heteroatoms. The van der Waals surface area contributed by atoms with Gasteiger partial charge in [0.2, 0.25) is 0 Å². The molecule has 1 aromatic heterocycles. The van der Waals surface area contributed by atoms with Crippen molar-refractivity contribution in [3.05, 3.63) is 56.8 Å². The number of halogens is 4. The molecule has 1 aromatic carbocycles. The van der Waals surface area contributed by atoms with Gasteiger partial charge in [-0.25, -0.2) is 0 Å². The number of carbonyl (C=O) groups excluding carboxylic acids is 1. The van der Waals surface area contributed by atoms with Gasteiger partial charge in [0.15, 0.2) is 0 Å². The minimum Gasteiger partial charge on any atom is -0.365 e. The topological polar surface area (TPSA) is 65.1 Å². The van der Waals surface area contributed by atoms with E-state index in [0.29, 0.717) is 5.56 Å². The van der Waals surface area contributed by atoms with Crippen LogP contribution in [0.2, 0.25) is 5.02 Å². The van der Waals surface area contributed by atoms with Crippen molar-refractivity contribution in [3.8, 4) is 11.3 Å². The first-order chi connectivity index (χ1) is 10.2. The molecule has 0 aliphatic rings. The summed E-state index contributed by atoms with van der Waals surface area (Å²) in [5.74, 6) is -1.48. The summed E-state index contributed by atoms with van der Waals surface area (Å²) in [6, 6.07) is 7.85. The molecular formula is C14H10ClF3N2O2. The van der Waals surface area contributed by atoms with Gasteiger partial charge < -0.3 is 10.3 Å². The number of hydrogen-bond donors (Lipinski definition) is 1. The molecule has 0 unspecified atom stereocenters. The summed E-state index contributed by atoms with van der Waals surface area (Å²) in [5, 5.41) is -0.741. The van der Waals surface area contributed by atoms with E-state index in [4.69, 9.17) is 17.3 Å². The zero-order valence-electron chi connectivity index (χ0n) is 11.2. The summed E-state index contributed by atoms with van der Waals surface area (Å²) >= 11 is 5.87. The van der Waals surface area contributed by atoms with Crippen LogP contribution in [0.4, 0.5) is 13.2 Å². The normalized spacial score (nSPS) is 11.5. The number of aromatic nitrogens is 1. The number of pyridine rings is 1. The molecule has 0 atom stereocenters. The Hall–Kier alpha value is -2.28. The second-order valence-corrected chi connectivity index (χ2v) is 4.88. The van der Waals surface area contributed by atoms with Crippen molar-refractivity contribution < 1.29 is 18.0 Å². The molecule has 22 heavy (non-hydrogen) atoms. The van der Waals surface area contributed by atoms with Crippen LogP contribution in [0.1, 0.15) is 15.9 Å².